The van der Waals surface area contributed by atoms with Gasteiger partial charge in [-0.3, -0.25) is 0 Å². The first kappa shape index (κ1) is 23.1. The largest absolute Gasteiger partial charge is 0.461 e. The minimum absolute atomic E-state index is 0.270. The van der Waals surface area contributed by atoms with Crippen LogP contribution in [0, 0.1) is 0 Å². The maximum atomic E-state index is 13.0. The van der Waals surface area contributed by atoms with Gasteiger partial charge in [-0.15, -0.1) is 0 Å². The van der Waals surface area contributed by atoms with Crippen LogP contribution >= 0.6 is 11.8 Å². The van der Waals surface area contributed by atoms with Gasteiger partial charge in [0.1, 0.15) is 0 Å². The summed E-state index contributed by atoms with van der Waals surface area (Å²) in [6.07, 6.45) is 0. The molecule has 1 spiro atoms. The topological polar surface area (TPSA) is 57.5 Å². The molecule has 0 amide bonds. The van der Waals surface area contributed by atoms with Crippen molar-refractivity contribution in [2.24, 2.45) is 10.2 Å². The molecule has 0 saturated heterocycles. The molecule has 2 heterocycles. The van der Waals surface area contributed by atoms with Crippen molar-refractivity contribution in [3.05, 3.63) is 132 Å². The van der Waals surface area contributed by atoms with E-state index < -0.39 is 11.0 Å². The van der Waals surface area contributed by atoms with E-state index in [1.54, 1.807) is 6.92 Å². The van der Waals surface area contributed by atoms with Gasteiger partial charge >= 0.3 is 5.97 Å². The minimum Gasteiger partial charge on any atom is -0.461 e. The summed E-state index contributed by atoms with van der Waals surface area (Å²) < 4.78 is 5.39. The van der Waals surface area contributed by atoms with Crippen molar-refractivity contribution >= 4 is 39.9 Å². The monoisotopic (exact) mass is 504 g/mol. The lowest BCUT2D eigenvalue weighted by Gasteiger charge is -2.47. The van der Waals surface area contributed by atoms with E-state index in [0.29, 0.717) is 0 Å². The van der Waals surface area contributed by atoms with Crippen LogP contribution in [0.25, 0.3) is 0 Å². The molecule has 2 aliphatic heterocycles. The molecule has 0 aliphatic carbocycles. The molecule has 4 aromatic rings. The van der Waals surface area contributed by atoms with Gasteiger partial charge in [-0.05, 0) is 43.0 Å². The molecule has 0 saturated carbocycles. The fourth-order valence-electron chi connectivity index (χ4n) is 4.66. The molecular formula is C30H24N4O2S. The number of nitrogens with zero attached hydrogens (tertiary/aromatic N) is 4. The Morgan fingerprint density at radius 1 is 0.757 bits per heavy atom. The highest BCUT2D eigenvalue weighted by atomic mass is 32.2. The van der Waals surface area contributed by atoms with Crippen LogP contribution in [0.5, 0.6) is 0 Å². The Kier molecular flexibility index (Phi) is 5.98. The molecule has 4 aromatic carbocycles. The Balaban J connectivity index is 1.64. The molecule has 6 nitrogen and oxygen atoms in total. The average molecular weight is 505 g/mol. The number of benzene rings is 4. The highest BCUT2D eigenvalue weighted by molar-refractivity contribution is 8.16. The molecule has 0 aromatic heterocycles. The quantitative estimate of drug-likeness (QED) is 0.303. The summed E-state index contributed by atoms with van der Waals surface area (Å²) in [5, 5.41) is 14.3. The van der Waals surface area contributed by atoms with E-state index in [-0.39, 0.29) is 11.7 Å². The number of fused-ring (bicyclic) bond motifs is 2. The smallest absolute Gasteiger partial charge is 0.365 e. The van der Waals surface area contributed by atoms with Gasteiger partial charge in [0.25, 0.3) is 0 Å². The molecule has 1 atom stereocenters. The number of hydrazone groups is 2. The van der Waals surface area contributed by atoms with Crippen molar-refractivity contribution in [1.82, 2.24) is 0 Å². The van der Waals surface area contributed by atoms with Gasteiger partial charge in [-0.25, -0.2) is 14.8 Å². The first-order chi connectivity index (χ1) is 18.2. The number of thioether (sulfide) groups is 1. The van der Waals surface area contributed by atoms with Gasteiger partial charge < -0.3 is 4.74 Å². The zero-order valence-electron chi connectivity index (χ0n) is 20.2. The van der Waals surface area contributed by atoms with Crippen molar-refractivity contribution in [3.63, 3.8) is 0 Å². The number of hydrogen-bond donors (Lipinski definition) is 0. The second-order valence-electron chi connectivity index (χ2n) is 8.49. The van der Waals surface area contributed by atoms with E-state index in [9.17, 15) is 4.79 Å². The van der Waals surface area contributed by atoms with Gasteiger partial charge in [0, 0.05) is 16.7 Å². The van der Waals surface area contributed by atoms with Crippen LogP contribution in [0.2, 0.25) is 0 Å². The van der Waals surface area contributed by atoms with Crippen molar-refractivity contribution in [2.75, 3.05) is 16.6 Å². The molecular weight excluding hydrogens is 480 g/mol. The van der Waals surface area contributed by atoms with Crippen LogP contribution in [0.1, 0.15) is 23.6 Å². The molecule has 37 heavy (non-hydrogen) atoms. The van der Waals surface area contributed by atoms with E-state index >= 15 is 0 Å². The third kappa shape index (κ3) is 3.88. The zero-order chi connectivity index (χ0) is 25.2. The van der Waals surface area contributed by atoms with Crippen molar-refractivity contribution in [1.29, 1.82) is 0 Å². The van der Waals surface area contributed by atoms with Crippen molar-refractivity contribution < 1.29 is 9.53 Å². The summed E-state index contributed by atoms with van der Waals surface area (Å²) in [6, 6.07) is 38.2. The van der Waals surface area contributed by atoms with E-state index in [2.05, 4.69) is 24.3 Å². The molecule has 6 rings (SSSR count). The maximum Gasteiger partial charge on any atom is 0.365 e. The Morgan fingerprint density at radius 3 is 1.92 bits per heavy atom. The Bertz CT molecular complexity index is 1490. The SMILES string of the molecule is CCOC(=O)C1=NN(c2ccccc2)[C@]2(S1)c1ccccc1C(c1ccccc1)=NN2c1ccccc1. The fraction of sp³-hybridized carbons (Fsp3) is 0.100. The lowest BCUT2D eigenvalue weighted by atomic mass is 9.93. The summed E-state index contributed by atoms with van der Waals surface area (Å²) in [5.74, 6) is -0.450. The van der Waals surface area contributed by atoms with Crippen LogP contribution in [0.3, 0.4) is 0 Å². The first-order valence-electron chi connectivity index (χ1n) is 12.1. The second kappa shape index (κ2) is 9.59. The molecule has 0 unspecified atom stereocenters. The average Bonchev–Trinajstić information content (AvgIpc) is 3.36. The van der Waals surface area contributed by atoms with E-state index in [0.717, 1.165) is 33.8 Å². The number of ether oxygens (including phenoxy) is 1. The molecule has 0 bridgehead atoms. The molecule has 2 aliphatic rings. The number of anilines is 2. The van der Waals surface area contributed by atoms with Gasteiger partial charge in [0.2, 0.25) is 10.0 Å². The summed E-state index contributed by atoms with van der Waals surface area (Å²) >= 11 is 1.35. The van der Waals surface area contributed by atoms with Gasteiger partial charge in [0.05, 0.1) is 23.7 Å². The van der Waals surface area contributed by atoms with E-state index in [1.807, 2.05) is 101 Å². The maximum absolute atomic E-state index is 13.0. The van der Waals surface area contributed by atoms with Gasteiger partial charge in [-0.1, -0.05) is 91.0 Å². The predicted octanol–water partition coefficient (Wildman–Crippen LogP) is 6.20. The van der Waals surface area contributed by atoms with Crippen LogP contribution in [0.15, 0.2) is 125 Å². The van der Waals surface area contributed by atoms with Crippen molar-refractivity contribution in [2.45, 2.75) is 11.9 Å². The molecule has 0 fully saturated rings. The van der Waals surface area contributed by atoms with Gasteiger partial charge in [0.15, 0.2) is 0 Å². The van der Waals surface area contributed by atoms with Crippen LogP contribution in [-0.2, 0) is 14.5 Å². The van der Waals surface area contributed by atoms with Crippen LogP contribution in [-0.4, -0.2) is 23.3 Å². The molecule has 7 heteroatoms. The normalized spacial score (nSPS) is 18.3. The zero-order valence-corrected chi connectivity index (χ0v) is 21.0. The Hall–Kier alpha value is -4.36. The molecule has 0 N–H and O–H groups in total. The highest BCUT2D eigenvalue weighted by Gasteiger charge is 2.56. The first-order valence-corrected chi connectivity index (χ1v) is 12.9. The summed E-state index contributed by atoms with van der Waals surface area (Å²) in [6.45, 7) is 2.07. The second-order valence-corrected chi connectivity index (χ2v) is 9.65. The lowest BCUT2D eigenvalue weighted by molar-refractivity contribution is -0.134. The molecule has 0 radical (unpaired) electrons. The van der Waals surface area contributed by atoms with Crippen LogP contribution in [0.4, 0.5) is 11.4 Å². The van der Waals surface area contributed by atoms with Crippen molar-refractivity contribution in [3.8, 4) is 0 Å². The lowest BCUT2D eigenvalue weighted by Crippen LogP contribution is -2.54. The Morgan fingerprint density at radius 2 is 1.30 bits per heavy atom. The van der Waals surface area contributed by atoms with Gasteiger partial charge in [-0.2, -0.15) is 10.2 Å². The summed E-state index contributed by atoms with van der Waals surface area (Å²) in [5.41, 5.74) is 5.53. The fourth-order valence-corrected chi connectivity index (χ4v) is 5.94. The Labute approximate surface area is 219 Å². The van der Waals surface area contributed by atoms with E-state index in [1.165, 1.54) is 11.8 Å². The third-order valence-corrected chi connectivity index (χ3v) is 7.53. The predicted molar refractivity (Wildman–Crippen MR) is 150 cm³/mol. The summed E-state index contributed by atoms with van der Waals surface area (Å²) in [4.78, 5) is 12.0. The summed E-state index contributed by atoms with van der Waals surface area (Å²) in [7, 11) is 0. The molecule has 182 valence electrons. The standard InChI is InChI=1S/C30H24N4O2S/c1-2-36-29(35)28-32-34(24-18-10-5-11-19-24)30(37-28)26-21-13-12-20-25(26)27(22-14-6-3-7-15-22)31-33(30)23-16-8-4-9-17-23/h3-21H,2H2,1H3/t30-/m0/s1. The number of carbonyl (C=O) groups is 1. The van der Waals surface area contributed by atoms with E-state index in [4.69, 9.17) is 14.9 Å². The van der Waals surface area contributed by atoms with Crippen LogP contribution < -0.4 is 10.0 Å². The minimum atomic E-state index is -1.00. The number of esters is 1. The number of carbonyl (C=O) groups excluding carboxylic acids is 1. The highest BCUT2D eigenvalue weighted by Crippen LogP contribution is 2.54. The number of para-hydroxylation sites is 2. The third-order valence-electron chi connectivity index (χ3n) is 6.24. The number of hydrogen-bond acceptors (Lipinski definition) is 7. The number of rotatable bonds is 5.